The number of nitrogens with zero attached hydrogens (tertiary/aromatic N) is 3. The molecule has 0 saturated carbocycles. The average molecular weight is 929 g/mol. The largest absolute Gasteiger partial charge is 0.507 e. The first-order chi connectivity index (χ1) is 31.3. The number of aromatic nitrogens is 1. The number of fused-ring (bicyclic) bond motifs is 1. The van der Waals surface area contributed by atoms with Gasteiger partial charge in [0.05, 0.1) is 52.9 Å². The number of benzene rings is 3. The van der Waals surface area contributed by atoms with E-state index in [1.165, 1.54) is 38.6 Å². The summed E-state index contributed by atoms with van der Waals surface area (Å²) in [6.07, 6.45) is 3.92. The van der Waals surface area contributed by atoms with Gasteiger partial charge in [0.1, 0.15) is 29.0 Å². The number of carbonyl (C=O) groups excluding carboxylic acids is 3. The Morgan fingerprint density at radius 1 is 0.909 bits per heavy atom. The Balaban J connectivity index is 1.36. The number of amides is 1. The first-order valence-corrected chi connectivity index (χ1v) is 22.9. The van der Waals surface area contributed by atoms with E-state index in [1.807, 2.05) is 24.3 Å². The summed E-state index contributed by atoms with van der Waals surface area (Å²) < 4.78 is 29.8. The van der Waals surface area contributed by atoms with Crippen LogP contribution >= 0.6 is 11.3 Å². The smallest absolute Gasteiger partial charge is 0.312 e. The molecule has 4 bridgehead atoms. The number of methoxy groups -OCH3 is 2. The van der Waals surface area contributed by atoms with E-state index in [0.717, 1.165) is 11.4 Å². The molecular formula is C49H60N4O12S. The summed E-state index contributed by atoms with van der Waals surface area (Å²) in [4.78, 5) is 50.7. The van der Waals surface area contributed by atoms with Crippen LogP contribution in [0.3, 0.4) is 0 Å². The van der Waals surface area contributed by atoms with Gasteiger partial charge in [0.15, 0.2) is 10.9 Å². The van der Waals surface area contributed by atoms with Crippen LogP contribution in [0, 0.1) is 30.6 Å². The van der Waals surface area contributed by atoms with Crippen LogP contribution in [0.1, 0.15) is 64.4 Å². The number of carbonyl (C=O) groups is 3. The van der Waals surface area contributed by atoms with Crippen molar-refractivity contribution in [2.75, 3.05) is 55.5 Å². The van der Waals surface area contributed by atoms with Crippen molar-refractivity contribution >= 4 is 66.5 Å². The third kappa shape index (κ3) is 8.88. The van der Waals surface area contributed by atoms with Crippen molar-refractivity contribution in [3.05, 3.63) is 71.5 Å². The predicted molar refractivity (Wildman–Crippen MR) is 253 cm³/mol. The summed E-state index contributed by atoms with van der Waals surface area (Å²) in [5.41, 5.74) is 1.74. The van der Waals surface area contributed by atoms with Gasteiger partial charge in [-0.15, -0.1) is 0 Å². The van der Waals surface area contributed by atoms with Gasteiger partial charge >= 0.3 is 11.8 Å². The Labute approximate surface area is 388 Å². The maximum Gasteiger partial charge on any atom is 0.312 e. The first-order valence-electron chi connectivity index (χ1n) is 22.1. The van der Waals surface area contributed by atoms with Crippen molar-refractivity contribution in [1.82, 2.24) is 4.98 Å². The third-order valence-electron chi connectivity index (χ3n) is 13.3. The lowest BCUT2D eigenvalue weighted by Gasteiger charge is -2.38. The molecule has 0 radical (unpaired) electrons. The molecule has 3 aliphatic rings. The summed E-state index contributed by atoms with van der Waals surface area (Å²) >= 11 is 1.24. The van der Waals surface area contributed by atoms with E-state index in [0.29, 0.717) is 36.0 Å². The second kappa shape index (κ2) is 19.1. The number of phenolic OH excluding ortho intramolecular Hbond substituents is 2. The number of nitrogens with one attached hydrogen (secondary N) is 1. The highest BCUT2D eigenvalue weighted by atomic mass is 32.1. The zero-order chi connectivity index (χ0) is 47.9. The zero-order valence-electron chi connectivity index (χ0n) is 38.9. The van der Waals surface area contributed by atoms with Gasteiger partial charge in [-0.25, -0.2) is 4.98 Å². The molecule has 5 N–H and O–H groups in total. The first kappa shape index (κ1) is 48.1. The molecule has 0 unspecified atom stereocenters. The number of aliphatic hydroxyl groups excluding tert-OH is 2. The Morgan fingerprint density at radius 2 is 1.58 bits per heavy atom. The maximum absolute atomic E-state index is 14.8. The van der Waals surface area contributed by atoms with Gasteiger partial charge < -0.3 is 59.2 Å². The van der Waals surface area contributed by atoms with Crippen LogP contribution in [0.15, 0.2) is 60.4 Å². The van der Waals surface area contributed by atoms with Gasteiger partial charge in [-0.1, -0.05) is 57.3 Å². The topological polar surface area (TPSA) is 210 Å². The lowest BCUT2D eigenvalue weighted by Crippen LogP contribution is -2.46. The van der Waals surface area contributed by atoms with Gasteiger partial charge in [-0.2, -0.15) is 0 Å². The molecule has 7 rings (SSSR count). The van der Waals surface area contributed by atoms with Gasteiger partial charge in [0.2, 0.25) is 0 Å². The number of thiazole rings is 1. The highest BCUT2D eigenvalue weighted by molar-refractivity contribution is 7.23. The van der Waals surface area contributed by atoms with Crippen LogP contribution in [0.5, 0.6) is 23.0 Å². The number of allylic oxidation sites excluding steroid dienone is 2. The van der Waals surface area contributed by atoms with Crippen molar-refractivity contribution in [3.63, 3.8) is 0 Å². The van der Waals surface area contributed by atoms with Crippen molar-refractivity contribution < 1.29 is 58.5 Å². The molecule has 16 nitrogen and oxygen atoms in total. The van der Waals surface area contributed by atoms with E-state index in [4.69, 9.17) is 28.7 Å². The third-order valence-corrected chi connectivity index (χ3v) is 14.5. The quantitative estimate of drug-likeness (QED) is 0.101. The number of piperazine rings is 1. The van der Waals surface area contributed by atoms with Crippen LogP contribution in [-0.4, -0.2) is 114 Å². The number of aromatic hydroxyl groups is 2. The molecule has 66 heavy (non-hydrogen) atoms. The van der Waals surface area contributed by atoms with Crippen molar-refractivity contribution in [2.24, 2.45) is 23.7 Å². The number of rotatable bonds is 5. The summed E-state index contributed by atoms with van der Waals surface area (Å²) in [6, 6.07) is 7.85. The number of ketones is 1. The number of hydrogen-bond donors (Lipinski definition) is 5. The Bertz CT molecular complexity index is 2600. The molecule has 4 aromatic rings. The minimum Gasteiger partial charge on any atom is -0.507 e. The lowest BCUT2D eigenvalue weighted by atomic mass is 9.78. The van der Waals surface area contributed by atoms with Gasteiger partial charge in [0, 0.05) is 93.0 Å². The van der Waals surface area contributed by atoms with Crippen LogP contribution in [0.4, 0.5) is 16.5 Å². The number of ether oxygens (including phenoxy) is 5. The summed E-state index contributed by atoms with van der Waals surface area (Å²) in [7, 11) is 3.09. The van der Waals surface area contributed by atoms with Crippen LogP contribution in [0.2, 0.25) is 0 Å². The molecule has 3 aromatic carbocycles. The number of hydrogen-bond acceptors (Lipinski definition) is 16. The number of Topliss-reactive ketones (excluding diaryl/α,β-unsaturated/α-hetero) is 1. The number of aliphatic hydroxyl groups is 2. The van der Waals surface area contributed by atoms with E-state index in [2.05, 4.69) is 15.1 Å². The number of phenols is 2. The standard InChI is InChI=1S/C49H60N4O12S/c1-24-12-11-13-25(2)47(60)50-38-42(58)35-34(37-45(38)66-48(51-37)53-21-19-52(20-22-53)31-14-16-32(61-9)17-15-31)36-44(29(6)41(35)57)65-49(8,46(36)59)63-23-18-33(62-10)26(3)43(64-30(7)54)28(5)40(56)27(4)39(24)55/h11-18,23-24,26-28,33,39-40,43,55-58H,19-22H2,1-10H3,(H,50,60)/b12-11-,23-18?,25-13-/t24-,26+,27+,28+,33-,39-,40+,43+,49-/m0/s1. The predicted octanol–water partition coefficient (Wildman–Crippen LogP) is 6.99. The van der Waals surface area contributed by atoms with Gasteiger partial charge in [-0.3, -0.25) is 14.4 Å². The summed E-state index contributed by atoms with van der Waals surface area (Å²) in [5, 5.41) is 50.6. The minimum absolute atomic E-state index is 0.00442. The van der Waals surface area contributed by atoms with Gasteiger partial charge in [0.25, 0.3) is 11.7 Å². The second-order valence-corrected chi connectivity index (χ2v) is 18.7. The highest BCUT2D eigenvalue weighted by Gasteiger charge is 2.50. The van der Waals surface area contributed by atoms with E-state index in [1.54, 1.807) is 73.0 Å². The van der Waals surface area contributed by atoms with Gasteiger partial charge in [-0.05, 0) is 44.2 Å². The molecule has 354 valence electrons. The SMILES string of the molecule is COc1ccc(N2CCN(c3nc4c(s3)c3c(O)c5c(O)c(C)c6c(c54)C(=O)[C@@](C)(OC=C[C@H](OC)[C@@H](C)[C@@H](OC(C)=O)[C@H](C)[C@H](O)[C@H](C)[C@@H](O)[C@@H](C)/C=C\C=C(\C)C(=O)N3)O6)CC2)cc1. The molecular weight excluding hydrogens is 869 g/mol. The fraction of sp³-hybridized carbons (Fsp3) is 0.469. The van der Waals surface area contributed by atoms with E-state index in [9.17, 15) is 34.8 Å². The highest BCUT2D eigenvalue weighted by Crippen LogP contribution is 2.55. The molecule has 3 aliphatic heterocycles. The fourth-order valence-corrected chi connectivity index (χ4v) is 10.3. The molecule has 1 amide bonds. The van der Waals surface area contributed by atoms with Crippen LogP contribution < -0.4 is 24.6 Å². The molecule has 9 atom stereocenters. The van der Waals surface area contributed by atoms with E-state index in [-0.39, 0.29) is 50.2 Å². The Morgan fingerprint density at radius 3 is 2.21 bits per heavy atom. The zero-order valence-corrected chi connectivity index (χ0v) is 39.8. The lowest BCUT2D eigenvalue weighted by molar-refractivity contribution is -0.160. The molecule has 4 heterocycles. The van der Waals surface area contributed by atoms with E-state index >= 15 is 0 Å². The normalized spacial score (nSPS) is 29.1. The molecule has 1 aromatic heterocycles. The molecule has 1 saturated heterocycles. The second-order valence-electron chi connectivity index (χ2n) is 17.7. The Kier molecular flexibility index (Phi) is 13.9. The fourth-order valence-electron chi connectivity index (χ4n) is 9.20. The minimum atomic E-state index is -1.97. The summed E-state index contributed by atoms with van der Waals surface area (Å²) in [5.74, 6) is -6.17. The monoisotopic (exact) mass is 928 g/mol. The van der Waals surface area contributed by atoms with Crippen molar-refractivity contribution in [2.45, 2.75) is 85.6 Å². The molecule has 0 spiro atoms. The van der Waals surface area contributed by atoms with Crippen molar-refractivity contribution in [1.29, 1.82) is 0 Å². The van der Waals surface area contributed by atoms with Crippen molar-refractivity contribution in [3.8, 4) is 23.0 Å². The molecule has 17 heteroatoms. The van der Waals surface area contributed by atoms with Crippen LogP contribution in [0.25, 0.3) is 21.0 Å². The average Bonchev–Trinajstić information content (AvgIpc) is 3.86. The maximum atomic E-state index is 14.8. The van der Waals surface area contributed by atoms with Crippen LogP contribution in [-0.2, 0) is 23.8 Å². The number of anilines is 3. The summed E-state index contributed by atoms with van der Waals surface area (Å²) in [6.45, 7) is 15.4. The molecule has 0 aliphatic carbocycles. The Hall–Kier alpha value is -5.88. The number of esters is 1. The molecule has 1 fully saturated rings. The van der Waals surface area contributed by atoms with E-state index < -0.39 is 77.3 Å².